The Morgan fingerprint density at radius 2 is 2.25 bits per heavy atom. The van der Waals surface area contributed by atoms with Gasteiger partial charge in [0, 0.05) is 5.39 Å². The fourth-order valence-corrected chi connectivity index (χ4v) is 2.36. The highest BCUT2D eigenvalue weighted by atomic mass is 79.9. The number of anilines is 1. The fraction of sp³-hybridized carbons (Fsp3) is 0.222. The number of aromatic nitrogens is 2. The van der Waals surface area contributed by atoms with E-state index in [9.17, 15) is 8.42 Å². The molecule has 0 atom stereocenters. The molecule has 1 aromatic heterocycles. The van der Waals surface area contributed by atoms with Gasteiger partial charge in [0.2, 0.25) is 10.0 Å². The third kappa shape index (κ3) is 2.19. The number of sulfonamides is 1. The van der Waals surface area contributed by atoms with Crippen LogP contribution in [0.3, 0.4) is 0 Å². The molecular formula is C9H10BrN3O2S. The molecule has 7 heteroatoms. The van der Waals surface area contributed by atoms with Crippen molar-refractivity contribution in [3.63, 3.8) is 0 Å². The van der Waals surface area contributed by atoms with Gasteiger partial charge in [-0.05, 0) is 24.6 Å². The normalized spacial score (nSPS) is 11.9. The molecule has 0 saturated heterocycles. The molecule has 0 aliphatic rings. The molecule has 1 heterocycles. The topological polar surface area (TPSA) is 74.8 Å². The number of hydrogen-bond donors (Lipinski definition) is 2. The highest BCUT2D eigenvalue weighted by molar-refractivity contribution is 9.10. The summed E-state index contributed by atoms with van der Waals surface area (Å²) in [5.74, 6) is 0. The molecule has 5 nitrogen and oxygen atoms in total. The molecule has 0 aliphatic heterocycles. The van der Waals surface area contributed by atoms with Crippen LogP contribution in [0.2, 0.25) is 0 Å². The number of fused-ring (bicyclic) bond motifs is 1. The summed E-state index contributed by atoms with van der Waals surface area (Å²) < 4.78 is 25.2. The zero-order valence-corrected chi connectivity index (χ0v) is 10.9. The van der Waals surface area contributed by atoms with Crippen LogP contribution in [-0.4, -0.2) is 23.3 Å². The minimum Gasteiger partial charge on any atom is -0.283 e. The SMILES string of the molecule is Cc1cc2[nH]ncc2cc1NS(=O)(=O)CBr. The molecular weight excluding hydrogens is 294 g/mol. The van der Waals surface area contributed by atoms with Crippen molar-refractivity contribution in [3.8, 4) is 0 Å². The number of aryl methyl sites for hydroxylation is 1. The van der Waals surface area contributed by atoms with Crippen molar-refractivity contribution in [2.75, 3.05) is 9.38 Å². The van der Waals surface area contributed by atoms with Gasteiger partial charge in [0.05, 0.1) is 17.4 Å². The quantitative estimate of drug-likeness (QED) is 0.851. The Morgan fingerprint density at radius 1 is 1.50 bits per heavy atom. The molecule has 2 N–H and O–H groups in total. The molecule has 0 fully saturated rings. The van der Waals surface area contributed by atoms with E-state index in [2.05, 4.69) is 30.8 Å². The van der Waals surface area contributed by atoms with E-state index in [4.69, 9.17) is 0 Å². The number of halogens is 1. The van der Waals surface area contributed by atoms with Gasteiger partial charge >= 0.3 is 0 Å². The summed E-state index contributed by atoms with van der Waals surface area (Å²) >= 11 is 2.93. The van der Waals surface area contributed by atoms with Crippen molar-refractivity contribution in [3.05, 3.63) is 23.9 Å². The van der Waals surface area contributed by atoms with Crippen LogP contribution in [0, 0.1) is 6.92 Å². The lowest BCUT2D eigenvalue weighted by atomic mass is 10.1. The van der Waals surface area contributed by atoms with E-state index in [1.54, 1.807) is 12.3 Å². The van der Waals surface area contributed by atoms with Crippen molar-refractivity contribution in [2.45, 2.75) is 6.92 Å². The monoisotopic (exact) mass is 303 g/mol. The largest absolute Gasteiger partial charge is 0.283 e. The Bertz CT molecular complexity index is 621. The van der Waals surface area contributed by atoms with Crippen molar-refractivity contribution < 1.29 is 8.42 Å². The number of nitrogens with one attached hydrogen (secondary N) is 2. The van der Waals surface area contributed by atoms with Gasteiger partial charge in [0.15, 0.2) is 0 Å². The third-order valence-electron chi connectivity index (χ3n) is 2.19. The van der Waals surface area contributed by atoms with Gasteiger partial charge in [-0.1, -0.05) is 15.9 Å². The predicted molar refractivity (Wildman–Crippen MR) is 67.2 cm³/mol. The van der Waals surface area contributed by atoms with Crippen LogP contribution in [0.15, 0.2) is 18.3 Å². The lowest BCUT2D eigenvalue weighted by Gasteiger charge is -2.08. The van der Waals surface area contributed by atoms with Crippen LogP contribution in [0.1, 0.15) is 5.56 Å². The molecule has 0 bridgehead atoms. The zero-order valence-electron chi connectivity index (χ0n) is 8.49. The Hall–Kier alpha value is -1.08. The highest BCUT2D eigenvalue weighted by Gasteiger charge is 2.10. The van der Waals surface area contributed by atoms with E-state index >= 15 is 0 Å². The molecule has 86 valence electrons. The van der Waals surface area contributed by atoms with E-state index in [-0.39, 0.29) is 4.66 Å². The molecule has 0 radical (unpaired) electrons. The van der Waals surface area contributed by atoms with Gasteiger partial charge in [-0.3, -0.25) is 9.82 Å². The molecule has 0 saturated carbocycles. The first-order valence-corrected chi connectivity index (χ1v) is 7.29. The molecule has 0 spiro atoms. The summed E-state index contributed by atoms with van der Waals surface area (Å²) in [6.45, 7) is 1.84. The standard InChI is InChI=1S/C9H10BrN3O2S/c1-6-2-9-7(4-11-12-9)3-8(6)13-16(14,15)5-10/h2-4,13H,5H2,1H3,(H,11,12). The maximum Gasteiger partial charge on any atom is 0.242 e. The molecule has 2 rings (SSSR count). The van der Waals surface area contributed by atoms with Crippen molar-refractivity contribution in [2.24, 2.45) is 0 Å². The number of rotatable bonds is 3. The fourth-order valence-electron chi connectivity index (χ4n) is 1.40. The van der Waals surface area contributed by atoms with Gasteiger partial charge in [0.25, 0.3) is 0 Å². The number of aromatic amines is 1. The van der Waals surface area contributed by atoms with Crippen LogP contribution in [-0.2, 0) is 10.0 Å². The second kappa shape index (κ2) is 4.06. The van der Waals surface area contributed by atoms with Crippen LogP contribution >= 0.6 is 15.9 Å². The second-order valence-electron chi connectivity index (χ2n) is 3.45. The number of alkyl halides is 1. The van der Waals surface area contributed by atoms with Crippen molar-refractivity contribution in [1.82, 2.24) is 10.2 Å². The van der Waals surface area contributed by atoms with Gasteiger partial charge in [0.1, 0.15) is 4.66 Å². The van der Waals surface area contributed by atoms with Gasteiger partial charge in [-0.2, -0.15) is 5.10 Å². The van der Waals surface area contributed by atoms with E-state index in [1.165, 1.54) is 0 Å². The van der Waals surface area contributed by atoms with E-state index in [0.29, 0.717) is 5.69 Å². The smallest absolute Gasteiger partial charge is 0.242 e. The molecule has 1 aromatic carbocycles. The first kappa shape index (κ1) is 11.4. The molecule has 0 amide bonds. The summed E-state index contributed by atoms with van der Waals surface area (Å²) in [4.78, 5) is 0. The first-order valence-electron chi connectivity index (χ1n) is 4.52. The summed E-state index contributed by atoms with van der Waals surface area (Å²) in [6.07, 6.45) is 1.65. The molecule has 2 aromatic rings. The highest BCUT2D eigenvalue weighted by Crippen LogP contribution is 2.23. The van der Waals surface area contributed by atoms with E-state index < -0.39 is 10.0 Å². The van der Waals surface area contributed by atoms with Crippen LogP contribution in [0.4, 0.5) is 5.69 Å². The number of hydrogen-bond acceptors (Lipinski definition) is 3. The minimum absolute atomic E-state index is 0.122. The maximum atomic E-state index is 11.4. The number of benzene rings is 1. The summed E-state index contributed by atoms with van der Waals surface area (Å²) in [7, 11) is -3.31. The van der Waals surface area contributed by atoms with Gasteiger partial charge < -0.3 is 0 Å². The minimum atomic E-state index is -3.31. The Balaban J connectivity index is 2.48. The van der Waals surface area contributed by atoms with Crippen molar-refractivity contribution >= 4 is 42.5 Å². The molecule has 0 unspecified atom stereocenters. The number of H-pyrrole nitrogens is 1. The van der Waals surface area contributed by atoms with Gasteiger partial charge in [-0.15, -0.1) is 0 Å². The lowest BCUT2D eigenvalue weighted by Crippen LogP contribution is -2.13. The average molecular weight is 304 g/mol. The first-order chi connectivity index (χ1) is 7.52. The third-order valence-corrected chi connectivity index (χ3v) is 4.82. The Kier molecular flexibility index (Phi) is 2.90. The second-order valence-corrected chi connectivity index (χ2v) is 6.48. The maximum absolute atomic E-state index is 11.4. The van der Waals surface area contributed by atoms with Crippen LogP contribution in [0.5, 0.6) is 0 Å². The molecule has 16 heavy (non-hydrogen) atoms. The predicted octanol–water partition coefficient (Wildman–Crippen LogP) is 1.97. The van der Waals surface area contributed by atoms with Crippen LogP contribution in [0.25, 0.3) is 10.9 Å². The zero-order chi connectivity index (χ0) is 11.8. The average Bonchev–Trinajstić information content (AvgIpc) is 2.65. The Morgan fingerprint density at radius 3 is 2.94 bits per heavy atom. The summed E-state index contributed by atoms with van der Waals surface area (Å²) in [5, 5.41) is 7.59. The summed E-state index contributed by atoms with van der Waals surface area (Å²) in [5.41, 5.74) is 2.31. The molecule has 0 aliphatic carbocycles. The number of nitrogens with zero attached hydrogens (tertiary/aromatic N) is 1. The lowest BCUT2D eigenvalue weighted by molar-refractivity contribution is 0.606. The van der Waals surface area contributed by atoms with Crippen LogP contribution < -0.4 is 4.72 Å². The summed E-state index contributed by atoms with van der Waals surface area (Å²) in [6, 6.07) is 3.61. The van der Waals surface area contributed by atoms with E-state index in [1.807, 2.05) is 13.0 Å². The van der Waals surface area contributed by atoms with Gasteiger partial charge in [-0.25, -0.2) is 8.42 Å². The van der Waals surface area contributed by atoms with E-state index in [0.717, 1.165) is 16.5 Å². The van der Waals surface area contributed by atoms with Crippen molar-refractivity contribution in [1.29, 1.82) is 0 Å². The Labute approximate surface area is 101 Å².